The number of rotatable bonds is 3. The second-order valence-electron chi connectivity index (χ2n) is 5.86. The highest BCUT2D eigenvalue weighted by molar-refractivity contribution is 7.09. The third kappa shape index (κ3) is 2.46. The van der Waals surface area contributed by atoms with E-state index in [9.17, 15) is 0 Å². The van der Waals surface area contributed by atoms with E-state index in [1.165, 1.54) is 37.0 Å². The van der Waals surface area contributed by atoms with E-state index < -0.39 is 0 Å². The molecule has 1 N–H and O–H groups in total. The predicted molar refractivity (Wildman–Crippen MR) is 75.9 cm³/mol. The van der Waals surface area contributed by atoms with Gasteiger partial charge in [0.25, 0.3) is 0 Å². The molecule has 2 saturated heterocycles. The molecule has 0 saturated carbocycles. The first-order valence-electron chi connectivity index (χ1n) is 7.10. The van der Waals surface area contributed by atoms with Gasteiger partial charge in [-0.2, -0.15) is 0 Å². The molecule has 1 aromatic rings. The number of hydrogen-bond acceptors (Lipinski definition) is 4. The van der Waals surface area contributed by atoms with E-state index in [1.54, 1.807) is 11.3 Å². The van der Waals surface area contributed by atoms with Crippen molar-refractivity contribution in [2.45, 2.75) is 63.2 Å². The molecule has 3 heterocycles. The summed E-state index contributed by atoms with van der Waals surface area (Å²) in [6.07, 6.45) is 8.83. The molecule has 100 valence electrons. The van der Waals surface area contributed by atoms with Crippen molar-refractivity contribution in [1.82, 2.24) is 15.2 Å². The van der Waals surface area contributed by atoms with Crippen molar-refractivity contribution in [2.75, 3.05) is 7.05 Å². The van der Waals surface area contributed by atoms with E-state index in [1.807, 2.05) is 11.7 Å². The van der Waals surface area contributed by atoms with Crippen LogP contribution in [-0.2, 0) is 0 Å². The SMILES string of the molecule is CC(NC1CC2CCCC(C1)N2C)c1cncs1. The Labute approximate surface area is 114 Å². The molecule has 2 aliphatic rings. The highest BCUT2D eigenvalue weighted by atomic mass is 32.1. The fourth-order valence-corrected chi connectivity index (χ4v) is 4.26. The Kier molecular flexibility index (Phi) is 3.68. The molecule has 3 rings (SSSR count). The fourth-order valence-electron chi connectivity index (χ4n) is 3.63. The van der Waals surface area contributed by atoms with Crippen LogP contribution in [0, 0.1) is 0 Å². The van der Waals surface area contributed by atoms with Crippen LogP contribution in [-0.4, -0.2) is 35.1 Å². The summed E-state index contributed by atoms with van der Waals surface area (Å²) in [5, 5.41) is 3.81. The smallest absolute Gasteiger partial charge is 0.0794 e. The van der Waals surface area contributed by atoms with Gasteiger partial charge < -0.3 is 10.2 Å². The zero-order valence-electron chi connectivity index (χ0n) is 11.3. The second kappa shape index (κ2) is 5.27. The molecule has 0 aliphatic carbocycles. The van der Waals surface area contributed by atoms with E-state index in [0.717, 1.165) is 12.1 Å². The Balaban J connectivity index is 1.61. The van der Waals surface area contributed by atoms with Crippen molar-refractivity contribution in [3.8, 4) is 0 Å². The number of nitrogens with zero attached hydrogens (tertiary/aromatic N) is 2. The van der Waals surface area contributed by atoms with Crippen LogP contribution >= 0.6 is 11.3 Å². The normalized spacial score (nSPS) is 34.4. The number of piperidine rings is 2. The molecule has 0 amide bonds. The van der Waals surface area contributed by atoms with Gasteiger partial charge in [0.05, 0.1) is 5.51 Å². The van der Waals surface area contributed by atoms with Gasteiger partial charge >= 0.3 is 0 Å². The van der Waals surface area contributed by atoms with Gasteiger partial charge in [-0.15, -0.1) is 11.3 Å². The predicted octanol–water partition coefficient (Wildman–Crippen LogP) is 2.81. The van der Waals surface area contributed by atoms with Crippen LogP contribution in [0.3, 0.4) is 0 Å². The molecular weight excluding hydrogens is 242 g/mol. The van der Waals surface area contributed by atoms with E-state index in [4.69, 9.17) is 0 Å². The van der Waals surface area contributed by atoms with Crippen molar-refractivity contribution in [3.63, 3.8) is 0 Å². The van der Waals surface area contributed by atoms with Crippen molar-refractivity contribution in [1.29, 1.82) is 0 Å². The van der Waals surface area contributed by atoms with Crippen LogP contribution in [0.25, 0.3) is 0 Å². The lowest BCUT2D eigenvalue weighted by atomic mass is 9.82. The van der Waals surface area contributed by atoms with Gasteiger partial charge in [0, 0.05) is 35.2 Å². The molecule has 18 heavy (non-hydrogen) atoms. The lowest BCUT2D eigenvalue weighted by molar-refractivity contribution is 0.0464. The van der Waals surface area contributed by atoms with Crippen molar-refractivity contribution in [2.24, 2.45) is 0 Å². The molecule has 2 aliphatic heterocycles. The van der Waals surface area contributed by atoms with Crippen molar-refractivity contribution < 1.29 is 0 Å². The summed E-state index contributed by atoms with van der Waals surface area (Å²) in [5.74, 6) is 0. The average molecular weight is 265 g/mol. The molecule has 2 bridgehead atoms. The highest BCUT2D eigenvalue weighted by Crippen LogP contribution is 2.33. The summed E-state index contributed by atoms with van der Waals surface area (Å²) in [6, 6.07) is 2.76. The minimum atomic E-state index is 0.451. The van der Waals surface area contributed by atoms with Crippen LogP contribution in [0.5, 0.6) is 0 Å². The number of thiazole rings is 1. The fraction of sp³-hybridized carbons (Fsp3) is 0.786. The standard InChI is InChI=1S/C14H23N3S/c1-10(14-8-15-9-18-14)16-11-6-12-4-3-5-13(7-11)17(12)2/h8-13,16H,3-7H2,1-2H3. The lowest BCUT2D eigenvalue weighted by Gasteiger charge is -2.47. The van der Waals surface area contributed by atoms with Crippen LogP contribution in [0.1, 0.15) is 49.9 Å². The summed E-state index contributed by atoms with van der Waals surface area (Å²) in [7, 11) is 2.32. The molecule has 3 atom stereocenters. The van der Waals surface area contributed by atoms with Crippen LogP contribution in [0.2, 0.25) is 0 Å². The van der Waals surface area contributed by atoms with Crippen LogP contribution in [0.15, 0.2) is 11.7 Å². The lowest BCUT2D eigenvalue weighted by Crippen LogP contribution is -2.54. The third-order valence-electron chi connectivity index (χ3n) is 4.70. The molecule has 3 unspecified atom stereocenters. The summed E-state index contributed by atoms with van der Waals surface area (Å²) in [5.41, 5.74) is 1.93. The van der Waals surface area contributed by atoms with E-state index in [-0.39, 0.29) is 0 Å². The molecule has 3 nitrogen and oxygen atoms in total. The minimum Gasteiger partial charge on any atom is -0.307 e. The summed E-state index contributed by atoms with van der Waals surface area (Å²) >= 11 is 1.76. The number of aromatic nitrogens is 1. The van der Waals surface area contributed by atoms with Crippen LogP contribution in [0.4, 0.5) is 0 Å². The van der Waals surface area contributed by atoms with Gasteiger partial charge in [-0.1, -0.05) is 6.42 Å². The van der Waals surface area contributed by atoms with E-state index >= 15 is 0 Å². The van der Waals surface area contributed by atoms with Crippen LogP contribution < -0.4 is 5.32 Å². The van der Waals surface area contributed by atoms with Gasteiger partial charge in [0.1, 0.15) is 0 Å². The van der Waals surface area contributed by atoms with Crippen molar-refractivity contribution >= 4 is 11.3 Å². The number of nitrogens with one attached hydrogen (secondary N) is 1. The second-order valence-corrected chi connectivity index (χ2v) is 6.78. The first-order valence-corrected chi connectivity index (χ1v) is 7.98. The first-order chi connectivity index (χ1) is 8.74. The van der Waals surface area contributed by atoms with E-state index in [0.29, 0.717) is 12.1 Å². The molecule has 0 radical (unpaired) electrons. The van der Waals surface area contributed by atoms with Gasteiger partial charge in [-0.25, -0.2) is 0 Å². The Bertz CT molecular complexity index is 364. The number of fused-ring (bicyclic) bond motifs is 2. The molecule has 4 heteroatoms. The largest absolute Gasteiger partial charge is 0.307 e. The molecule has 0 aromatic carbocycles. The van der Waals surface area contributed by atoms with E-state index in [2.05, 4.69) is 29.2 Å². The van der Waals surface area contributed by atoms with Gasteiger partial charge in [0.2, 0.25) is 0 Å². The van der Waals surface area contributed by atoms with Gasteiger partial charge in [-0.3, -0.25) is 4.98 Å². The maximum absolute atomic E-state index is 4.18. The number of hydrogen-bond donors (Lipinski definition) is 1. The maximum atomic E-state index is 4.18. The maximum Gasteiger partial charge on any atom is 0.0794 e. The zero-order chi connectivity index (χ0) is 12.5. The summed E-state index contributed by atoms with van der Waals surface area (Å²) in [4.78, 5) is 8.16. The quantitative estimate of drug-likeness (QED) is 0.911. The summed E-state index contributed by atoms with van der Waals surface area (Å²) in [6.45, 7) is 2.27. The Hall–Kier alpha value is -0.450. The molecular formula is C14H23N3S. The van der Waals surface area contributed by atoms with Gasteiger partial charge in [-0.05, 0) is 39.7 Å². The Morgan fingerprint density at radius 2 is 2.11 bits per heavy atom. The van der Waals surface area contributed by atoms with Crippen molar-refractivity contribution in [3.05, 3.63) is 16.6 Å². The molecule has 0 spiro atoms. The summed E-state index contributed by atoms with van der Waals surface area (Å²) < 4.78 is 0. The Morgan fingerprint density at radius 1 is 1.39 bits per heavy atom. The topological polar surface area (TPSA) is 28.2 Å². The average Bonchev–Trinajstić information content (AvgIpc) is 2.84. The zero-order valence-corrected chi connectivity index (χ0v) is 12.1. The minimum absolute atomic E-state index is 0.451. The monoisotopic (exact) mass is 265 g/mol. The Morgan fingerprint density at radius 3 is 2.72 bits per heavy atom. The van der Waals surface area contributed by atoms with Gasteiger partial charge in [0.15, 0.2) is 0 Å². The highest BCUT2D eigenvalue weighted by Gasteiger charge is 2.36. The third-order valence-corrected chi connectivity index (χ3v) is 5.66. The first kappa shape index (κ1) is 12.6. The molecule has 1 aromatic heterocycles. The molecule has 2 fully saturated rings.